The molecule has 1 aromatic rings. The van der Waals surface area contributed by atoms with Crippen molar-refractivity contribution >= 4 is 21.8 Å². The van der Waals surface area contributed by atoms with Gasteiger partial charge in [-0.1, -0.05) is 0 Å². The summed E-state index contributed by atoms with van der Waals surface area (Å²) in [5.74, 6) is -1.22. The normalized spacial score (nSPS) is 15.4. The van der Waals surface area contributed by atoms with Gasteiger partial charge in [0.2, 0.25) is 0 Å². The SMILES string of the molecule is Fc1cc(F)cc(N2C=CN(Br)N2)c1. The number of halogens is 3. The highest BCUT2D eigenvalue weighted by molar-refractivity contribution is 9.07. The fourth-order valence-corrected chi connectivity index (χ4v) is 1.39. The average molecular weight is 262 g/mol. The second kappa shape index (κ2) is 3.55. The van der Waals surface area contributed by atoms with E-state index in [1.807, 2.05) is 0 Å². The fourth-order valence-electron chi connectivity index (χ4n) is 1.12. The molecule has 0 saturated carbocycles. The molecule has 74 valence electrons. The molecule has 3 nitrogen and oxygen atoms in total. The number of nitrogens with zero attached hydrogens (tertiary/aromatic N) is 2. The number of hydrogen-bond donors (Lipinski definition) is 1. The summed E-state index contributed by atoms with van der Waals surface area (Å²) in [5.41, 5.74) is 3.15. The maximum Gasteiger partial charge on any atom is 0.128 e. The lowest BCUT2D eigenvalue weighted by molar-refractivity contribution is 0.505. The molecule has 0 aromatic heterocycles. The lowest BCUT2D eigenvalue weighted by atomic mass is 10.3. The van der Waals surface area contributed by atoms with Crippen molar-refractivity contribution in [3.05, 3.63) is 42.2 Å². The summed E-state index contributed by atoms with van der Waals surface area (Å²) in [6.07, 6.45) is 3.28. The summed E-state index contributed by atoms with van der Waals surface area (Å²) in [4.78, 5) is 0. The van der Waals surface area contributed by atoms with Gasteiger partial charge in [0.1, 0.15) is 11.6 Å². The Morgan fingerprint density at radius 3 is 2.21 bits per heavy atom. The second-order valence-electron chi connectivity index (χ2n) is 2.71. The molecular formula is C8H6BrF2N3. The van der Waals surface area contributed by atoms with E-state index in [9.17, 15) is 8.78 Å². The number of rotatable bonds is 1. The van der Waals surface area contributed by atoms with Gasteiger partial charge in [0.05, 0.1) is 21.8 Å². The molecule has 0 atom stereocenters. The lowest BCUT2D eigenvalue weighted by Gasteiger charge is -2.17. The molecule has 1 N–H and O–H groups in total. The Bertz CT molecular complexity index is 363. The van der Waals surface area contributed by atoms with E-state index in [1.165, 1.54) is 21.2 Å². The zero-order valence-electron chi connectivity index (χ0n) is 6.92. The molecule has 14 heavy (non-hydrogen) atoms. The highest BCUT2D eigenvalue weighted by Crippen LogP contribution is 2.19. The molecule has 0 spiro atoms. The quantitative estimate of drug-likeness (QED) is 0.783. The van der Waals surface area contributed by atoms with Crippen molar-refractivity contribution in [3.63, 3.8) is 0 Å². The van der Waals surface area contributed by atoms with Gasteiger partial charge in [0.25, 0.3) is 0 Å². The van der Waals surface area contributed by atoms with Gasteiger partial charge in [0, 0.05) is 18.5 Å². The molecule has 0 fully saturated rings. The number of anilines is 1. The number of hydrazine groups is 2. The molecule has 0 radical (unpaired) electrons. The van der Waals surface area contributed by atoms with Crippen molar-refractivity contribution in [1.29, 1.82) is 0 Å². The maximum absolute atomic E-state index is 12.8. The van der Waals surface area contributed by atoms with Crippen LogP contribution in [0.25, 0.3) is 0 Å². The van der Waals surface area contributed by atoms with Gasteiger partial charge < -0.3 is 0 Å². The van der Waals surface area contributed by atoms with Crippen molar-refractivity contribution in [2.75, 3.05) is 5.01 Å². The number of benzene rings is 1. The van der Waals surface area contributed by atoms with Gasteiger partial charge in [0.15, 0.2) is 0 Å². The minimum Gasteiger partial charge on any atom is -0.264 e. The first-order chi connectivity index (χ1) is 6.65. The van der Waals surface area contributed by atoms with Crippen molar-refractivity contribution < 1.29 is 8.78 Å². The zero-order chi connectivity index (χ0) is 10.1. The predicted molar refractivity (Wildman–Crippen MR) is 51.9 cm³/mol. The average Bonchev–Trinajstić information content (AvgIpc) is 2.50. The molecule has 6 heteroatoms. The Morgan fingerprint density at radius 2 is 1.71 bits per heavy atom. The third kappa shape index (κ3) is 1.85. The van der Waals surface area contributed by atoms with Crippen LogP contribution in [0.5, 0.6) is 0 Å². The summed E-state index contributed by atoms with van der Waals surface area (Å²) in [6, 6.07) is 3.29. The first kappa shape index (κ1) is 9.42. The number of hydrogen-bond acceptors (Lipinski definition) is 3. The summed E-state index contributed by atoms with van der Waals surface area (Å²) >= 11 is 3.12. The predicted octanol–water partition coefficient (Wildman–Crippen LogP) is 2.29. The van der Waals surface area contributed by atoms with Gasteiger partial charge in [-0.2, -0.15) is 0 Å². The third-order valence-corrected chi connectivity index (χ3v) is 2.07. The van der Waals surface area contributed by atoms with Gasteiger partial charge in [-0.15, -0.1) is 5.53 Å². The van der Waals surface area contributed by atoms with Crippen LogP contribution in [-0.2, 0) is 0 Å². The monoisotopic (exact) mass is 261 g/mol. The molecule has 0 aliphatic carbocycles. The maximum atomic E-state index is 12.8. The van der Waals surface area contributed by atoms with E-state index in [0.29, 0.717) is 5.69 Å². The van der Waals surface area contributed by atoms with Crippen LogP contribution in [0.3, 0.4) is 0 Å². The van der Waals surface area contributed by atoms with E-state index >= 15 is 0 Å². The van der Waals surface area contributed by atoms with Crippen LogP contribution in [0.1, 0.15) is 0 Å². The molecule has 0 saturated heterocycles. The lowest BCUT2D eigenvalue weighted by Crippen LogP contribution is -2.33. The van der Waals surface area contributed by atoms with Crippen molar-refractivity contribution in [2.45, 2.75) is 0 Å². The third-order valence-electron chi connectivity index (χ3n) is 1.68. The highest BCUT2D eigenvalue weighted by atomic mass is 79.9. The smallest absolute Gasteiger partial charge is 0.128 e. The molecule has 1 aliphatic heterocycles. The van der Waals surface area contributed by atoms with E-state index in [4.69, 9.17) is 0 Å². The minimum absolute atomic E-state index is 0.390. The molecule has 1 aromatic carbocycles. The summed E-state index contributed by atoms with van der Waals surface area (Å²) in [6.45, 7) is 0. The minimum atomic E-state index is -0.608. The van der Waals surface area contributed by atoms with Crippen LogP contribution < -0.4 is 10.5 Å². The van der Waals surface area contributed by atoms with Crippen molar-refractivity contribution in [3.8, 4) is 0 Å². The van der Waals surface area contributed by atoms with Crippen LogP contribution >= 0.6 is 16.1 Å². The second-order valence-corrected chi connectivity index (χ2v) is 3.47. The van der Waals surface area contributed by atoms with E-state index in [-0.39, 0.29) is 0 Å². The zero-order valence-corrected chi connectivity index (χ0v) is 8.50. The Kier molecular flexibility index (Phi) is 2.39. The first-order valence-corrected chi connectivity index (χ1v) is 4.51. The highest BCUT2D eigenvalue weighted by Gasteiger charge is 2.12. The van der Waals surface area contributed by atoms with E-state index in [2.05, 4.69) is 21.7 Å². The Morgan fingerprint density at radius 1 is 1.07 bits per heavy atom. The molecular weight excluding hydrogens is 256 g/mol. The molecule has 1 heterocycles. The van der Waals surface area contributed by atoms with Crippen LogP contribution in [0.2, 0.25) is 0 Å². The number of nitrogens with one attached hydrogen (secondary N) is 1. The van der Waals surface area contributed by atoms with Gasteiger partial charge in [-0.05, 0) is 12.1 Å². The van der Waals surface area contributed by atoms with Crippen molar-refractivity contribution in [2.24, 2.45) is 0 Å². The van der Waals surface area contributed by atoms with Gasteiger partial charge in [-0.25, -0.2) is 12.8 Å². The Hall–Kier alpha value is -1.14. The molecule has 0 unspecified atom stereocenters. The van der Waals surface area contributed by atoms with E-state index in [1.54, 1.807) is 12.4 Å². The summed E-state index contributed by atoms with van der Waals surface area (Å²) in [7, 11) is 0. The molecule has 0 amide bonds. The van der Waals surface area contributed by atoms with Gasteiger partial charge >= 0.3 is 0 Å². The van der Waals surface area contributed by atoms with Crippen LogP contribution in [-0.4, -0.2) is 4.03 Å². The molecule has 2 rings (SSSR count). The Balaban J connectivity index is 2.28. The van der Waals surface area contributed by atoms with Crippen LogP contribution in [0.15, 0.2) is 30.6 Å². The molecule has 1 aliphatic rings. The topological polar surface area (TPSA) is 18.5 Å². The fraction of sp³-hybridized carbons (Fsp3) is 0. The summed E-state index contributed by atoms with van der Waals surface area (Å²) < 4.78 is 27.2. The van der Waals surface area contributed by atoms with Crippen LogP contribution in [0, 0.1) is 11.6 Å². The first-order valence-electron chi connectivity index (χ1n) is 3.80. The Labute approximate surface area is 87.9 Å². The van der Waals surface area contributed by atoms with Crippen molar-refractivity contribution in [1.82, 2.24) is 9.57 Å². The van der Waals surface area contributed by atoms with Gasteiger partial charge in [-0.3, -0.25) is 5.01 Å². The van der Waals surface area contributed by atoms with E-state index in [0.717, 1.165) is 6.07 Å². The van der Waals surface area contributed by atoms with E-state index < -0.39 is 11.6 Å². The summed E-state index contributed by atoms with van der Waals surface area (Å²) in [5, 5.41) is 1.47. The largest absolute Gasteiger partial charge is 0.264 e. The van der Waals surface area contributed by atoms with Crippen LogP contribution in [0.4, 0.5) is 14.5 Å². The standard InChI is InChI=1S/C8H6BrF2N3/c9-14-2-1-13(12-14)8-4-6(10)3-7(11)5-8/h1-5,12H. The molecule has 0 bridgehead atoms.